The van der Waals surface area contributed by atoms with Gasteiger partial charge < -0.3 is 20.5 Å². The van der Waals surface area contributed by atoms with Crippen molar-refractivity contribution in [3.63, 3.8) is 0 Å². The Hall–Kier alpha value is -3.35. The summed E-state index contributed by atoms with van der Waals surface area (Å²) in [5.41, 5.74) is 2.79. The van der Waals surface area contributed by atoms with Crippen LogP contribution in [0, 0.1) is 10.8 Å². The zero-order valence-corrected chi connectivity index (χ0v) is 20.5. The van der Waals surface area contributed by atoms with E-state index in [1.165, 1.54) is 0 Å². The average molecular weight is 467 g/mol. The first kappa shape index (κ1) is 25.3. The van der Waals surface area contributed by atoms with Crippen molar-refractivity contribution in [2.45, 2.75) is 53.0 Å². The predicted octanol–water partition coefficient (Wildman–Crippen LogP) is 4.56. The molecule has 0 spiro atoms. The molecule has 0 radical (unpaired) electrons. The van der Waals surface area contributed by atoms with Crippen LogP contribution in [0.1, 0.15) is 58.1 Å². The van der Waals surface area contributed by atoms with Crippen molar-refractivity contribution in [2.24, 2.45) is 10.8 Å². The summed E-state index contributed by atoms with van der Waals surface area (Å²) in [6, 6.07) is 15.2. The quantitative estimate of drug-likeness (QED) is 0.529. The zero-order chi connectivity index (χ0) is 25.1. The summed E-state index contributed by atoms with van der Waals surface area (Å²) in [7, 11) is 0. The first-order valence-corrected chi connectivity index (χ1v) is 11.6. The number of carbonyl (C=O) groups excluding carboxylic acids is 2. The number of benzene rings is 2. The van der Waals surface area contributed by atoms with E-state index < -0.39 is 34.8 Å². The Labute approximate surface area is 200 Å². The minimum Gasteiger partial charge on any atom is -0.481 e. The molecule has 7 heteroatoms. The van der Waals surface area contributed by atoms with E-state index >= 15 is 0 Å². The number of fused-ring (bicyclic) bond motifs is 3. The van der Waals surface area contributed by atoms with E-state index in [9.17, 15) is 19.5 Å². The number of carboxylic acids is 1. The van der Waals surface area contributed by atoms with Crippen LogP contribution >= 0.6 is 0 Å². The average Bonchev–Trinajstić information content (AvgIpc) is 3.12. The molecule has 0 bridgehead atoms. The van der Waals surface area contributed by atoms with Crippen LogP contribution < -0.4 is 10.6 Å². The number of rotatable bonds is 8. The molecular formula is C27H34N2O5. The minimum atomic E-state index is -1.08. The van der Waals surface area contributed by atoms with Crippen LogP contribution in [-0.2, 0) is 14.3 Å². The van der Waals surface area contributed by atoms with Crippen molar-refractivity contribution in [1.29, 1.82) is 0 Å². The molecule has 3 rings (SSSR count). The second-order valence-corrected chi connectivity index (χ2v) is 10.2. The summed E-state index contributed by atoms with van der Waals surface area (Å²) in [4.78, 5) is 37.2. The van der Waals surface area contributed by atoms with Crippen molar-refractivity contribution >= 4 is 18.0 Å². The van der Waals surface area contributed by atoms with Crippen LogP contribution in [-0.4, -0.2) is 42.3 Å². The van der Waals surface area contributed by atoms with E-state index in [0.29, 0.717) is 6.42 Å². The third-order valence-corrected chi connectivity index (χ3v) is 6.68. The maximum atomic E-state index is 12.9. The molecule has 182 valence electrons. The van der Waals surface area contributed by atoms with Gasteiger partial charge in [-0.05, 0) is 41.0 Å². The Bertz CT molecular complexity index is 1030. The number of hydrogen-bond donors (Lipinski definition) is 3. The molecule has 1 aliphatic rings. The van der Waals surface area contributed by atoms with E-state index in [2.05, 4.69) is 22.8 Å². The Kier molecular flexibility index (Phi) is 7.34. The summed E-state index contributed by atoms with van der Waals surface area (Å²) in [6.45, 7) is 8.95. The van der Waals surface area contributed by atoms with Crippen molar-refractivity contribution < 1.29 is 24.2 Å². The van der Waals surface area contributed by atoms with E-state index in [-0.39, 0.29) is 19.1 Å². The molecule has 0 saturated carbocycles. The van der Waals surface area contributed by atoms with E-state index in [1.807, 2.05) is 57.2 Å². The van der Waals surface area contributed by atoms with Gasteiger partial charge in [-0.3, -0.25) is 9.59 Å². The Morgan fingerprint density at radius 3 is 1.97 bits per heavy atom. The molecule has 7 nitrogen and oxygen atoms in total. The van der Waals surface area contributed by atoms with Crippen molar-refractivity contribution in [1.82, 2.24) is 10.6 Å². The van der Waals surface area contributed by atoms with Gasteiger partial charge in [-0.15, -0.1) is 0 Å². The summed E-state index contributed by atoms with van der Waals surface area (Å²) in [5.74, 6) is -1.50. The molecule has 2 atom stereocenters. The number of carbonyl (C=O) groups is 3. The molecule has 0 saturated heterocycles. The summed E-state index contributed by atoms with van der Waals surface area (Å²) >= 11 is 0. The van der Waals surface area contributed by atoms with Crippen LogP contribution in [0.25, 0.3) is 11.1 Å². The number of amides is 2. The Morgan fingerprint density at radius 1 is 0.971 bits per heavy atom. The van der Waals surface area contributed by atoms with Crippen LogP contribution in [0.4, 0.5) is 4.79 Å². The molecule has 1 unspecified atom stereocenters. The number of ether oxygens (including phenoxy) is 1. The van der Waals surface area contributed by atoms with Gasteiger partial charge in [0.2, 0.25) is 5.91 Å². The predicted molar refractivity (Wildman–Crippen MR) is 130 cm³/mol. The number of aliphatic carboxylic acids is 1. The normalized spacial score (nSPS) is 15.4. The summed E-state index contributed by atoms with van der Waals surface area (Å²) in [5, 5.41) is 14.9. The molecular weight excluding hydrogens is 432 g/mol. The highest BCUT2D eigenvalue weighted by molar-refractivity contribution is 5.87. The fraction of sp³-hybridized carbons (Fsp3) is 0.444. The van der Waals surface area contributed by atoms with E-state index in [0.717, 1.165) is 22.3 Å². The molecule has 3 N–H and O–H groups in total. The van der Waals surface area contributed by atoms with Gasteiger partial charge >= 0.3 is 12.1 Å². The van der Waals surface area contributed by atoms with E-state index in [4.69, 9.17) is 4.74 Å². The first-order valence-electron chi connectivity index (χ1n) is 11.6. The SMILES string of the molecule is CCC(C)(CNC(=O)[C@H](NC(=O)OCC1c2ccccc2-c2ccccc21)C(C)(C)C)C(=O)O. The largest absolute Gasteiger partial charge is 0.481 e. The highest BCUT2D eigenvalue weighted by atomic mass is 16.5. The van der Waals surface area contributed by atoms with Crippen LogP contribution in [0.5, 0.6) is 0 Å². The molecule has 0 heterocycles. The lowest BCUT2D eigenvalue weighted by molar-refractivity contribution is -0.148. The maximum absolute atomic E-state index is 12.9. The van der Waals surface area contributed by atoms with Gasteiger partial charge in [-0.1, -0.05) is 76.2 Å². The minimum absolute atomic E-state index is 0.0311. The molecule has 0 aromatic heterocycles. The summed E-state index contributed by atoms with van der Waals surface area (Å²) < 4.78 is 5.60. The molecule has 2 amide bonds. The molecule has 1 aliphatic carbocycles. The number of alkyl carbamates (subject to hydrolysis) is 1. The molecule has 34 heavy (non-hydrogen) atoms. The lowest BCUT2D eigenvalue weighted by Gasteiger charge is -2.31. The third-order valence-electron chi connectivity index (χ3n) is 6.68. The molecule has 2 aromatic rings. The van der Waals surface area contributed by atoms with Gasteiger partial charge in [0.05, 0.1) is 5.41 Å². The smallest absolute Gasteiger partial charge is 0.407 e. The highest BCUT2D eigenvalue weighted by Crippen LogP contribution is 2.44. The second-order valence-electron chi connectivity index (χ2n) is 10.2. The van der Waals surface area contributed by atoms with Crippen molar-refractivity contribution in [3.8, 4) is 11.1 Å². The molecule has 2 aromatic carbocycles. The number of hydrogen-bond acceptors (Lipinski definition) is 4. The van der Waals surface area contributed by atoms with Crippen LogP contribution in [0.15, 0.2) is 48.5 Å². The lowest BCUT2D eigenvalue weighted by atomic mass is 9.84. The van der Waals surface area contributed by atoms with Gasteiger partial charge in [0.1, 0.15) is 12.6 Å². The number of carboxylic acid groups (broad SMARTS) is 1. The van der Waals surface area contributed by atoms with Crippen LogP contribution in [0.3, 0.4) is 0 Å². The van der Waals surface area contributed by atoms with Gasteiger partial charge in [-0.25, -0.2) is 4.79 Å². The molecule has 0 fully saturated rings. The van der Waals surface area contributed by atoms with E-state index in [1.54, 1.807) is 13.8 Å². The first-order chi connectivity index (χ1) is 16.0. The van der Waals surface area contributed by atoms with Gasteiger partial charge in [0.15, 0.2) is 0 Å². The Balaban J connectivity index is 1.67. The van der Waals surface area contributed by atoms with Gasteiger partial charge in [0.25, 0.3) is 0 Å². The third kappa shape index (κ3) is 5.24. The second kappa shape index (κ2) is 9.87. The highest BCUT2D eigenvalue weighted by Gasteiger charge is 2.37. The number of nitrogens with one attached hydrogen (secondary N) is 2. The van der Waals surface area contributed by atoms with Gasteiger partial charge in [0, 0.05) is 12.5 Å². The maximum Gasteiger partial charge on any atom is 0.407 e. The monoisotopic (exact) mass is 466 g/mol. The lowest BCUT2D eigenvalue weighted by Crippen LogP contribution is -2.55. The zero-order valence-electron chi connectivity index (χ0n) is 20.5. The topological polar surface area (TPSA) is 105 Å². The molecule has 0 aliphatic heterocycles. The standard InChI is InChI=1S/C27H34N2O5/c1-6-27(5,24(31)32)16-28-23(30)22(26(2,3)4)29-25(33)34-15-21-19-13-9-7-11-17(19)18-12-8-10-14-20(18)21/h7-14,21-22H,6,15-16H2,1-5H3,(H,28,30)(H,29,33)(H,31,32)/t22-,27?/m0/s1. The fourth-order valence-corrected chi connectivity index (χ4v) is 4.17. The van der Waals surface area contributed by atoms with Crippen LogP contribution in [0.2, 0.25) is 0 Å². The van der Waals surface area contributed by atoms with Crippen molar-refractivity contribution in [2.75, 3.05) is 13.2 Å². The fourth-order valence-electron chi connectivity index (χ4n) is 4.17. The Morgan fingerprint density at radius 2 is 1.50 bits per heavy atom. The summed E-state index contributed by atoms with van der Waals surface area (Å²) in [6.07, 6.45) is -0.323. The van der Waals surface area contributed by atoms with Crippen molar-refractivity contribution in [3.05, 3.63) is 59.7 Å². The van der Waals surface area contributed by atoms with Gasteiger partial charge in [-0.2, -0.15) is 0 Å².